The predicted molar refractivity (Wildman–Crippen MR) is 138 cm³/mol. The molecule has 0 radical (unpaired) electrons. The summed E-state index contributed by atoms with van der Waals surface area (Å²) in [7, 11) is 0. The molecule has 0 bridgehead atoms. The molecule has 0 aliphatic rings. The lowest BCUT2D eigenvalue weighted by Gasteiger charge is -2.30. The molecule has 0 heterocycles. The van der Waals surface area contributed by atoms with Crippen molar-refractivity contribution in [2.45, 2.75) is 65.3 Å². The van der Waals surface area contributed by atoms with Crippen molar-refractivity contribution in [2.75, 3.05) is 19.7 Å². The van der Waals surface area contributed by atoms with E-state index in [9.17, 15) is 9.59 Å². The predicted octanol–water partition coefficient (Wildman–Crippen LogP) is 5.50. The van der Waals surface area contributed by atoms with E-state index < -0.39 is 6.04 Å². The fourth-order valence-electron chi connectivity index (χ4n) is 3.57. The van der Waals surface area contributed by atoms with Gasteiger partial charge in [0.1, 0.15) is 11.8 Å². The van der Waals surface area contributed by atoms with E-state index >= 15 is 0 Å². The first-order valence-electron chi connectivity index (χ1n) is 11.7. The Kier molecular flexibility index (Phi) is 10.4. The number of ether oxygens (including phenoxy) is 1. The molecule has 0 aliphatic carbocycles. The zero-order valence-electron chi connectivity index (χ0n) is 20.5. The van der Waals surface area contributed by atoms with Gasteiger partial charge in [-0.3, -0.25) is 9.59 Å². The van der Waals surface area contributed by atoms with Gasteiger partial charge >= 0.3 is 0 Å². The molecule has 5 nitrogen and oxygen atoms in total. The number of benzene rings is 2. The minimum absolute atomic E-state index is 0.0192. The second-order valence-electron chi connectivity index (χ2n) is 9.22. The number of nitrogens with one attached hydrogen (secondary N) is 1. The average Bonchev–Trinajstić information content (AvgIpc) is 2.79. The van der Waals surface area contributed by atoms with E-state index in [-0.39, 0.29) is 23.8 Å². The van der Waals surface area contributed by atoms with Gasteiger partial charge in [-0.15, -0.1) is 0 Å². The third kappa shape index (κ3) is 8.18. The van der Waals surface area contributed by atoms with Crippen molar-refractivity contribution < 1.29 is 14.3 Å². The lowest BCUT2D eigenvalue weighted by Crippen LogP contribution is -2.51. The van der Waals surface area contributed by atoms with Crippen LogP contribution in [0.2, 0.25) is 0 Å². The normalized spacial score (nSPS) is 12.2. The number of nitrogens with zero attached hydrogens (tertiary/aromatic N) is 1. The van der Waals surface area contributed by atoms with Gasteiger partial charge in [0.05, 0.1) is 4.47 Å². The van der Waals surface area contributed by atoms with Crippen LogP contribution >= 0.6 is 15.9 Å². The lowest BCUT2D eigenvalue weighted by atomic mass is 9.87. The Labute approximate surface area is 207 Å². The van der Waals surface area contributed by atoms with Crippen LogP contribution in [0.25, 0.3) is 0 Å². The minimum Gasteiger partial charge on any atom is -0.483 e. The third-order valence-corrected chi connectivity index (χ3v) is 6.19. The van der Waals surface area contributed by atoms with Crippen LogP contribution in [0.4, 0.5) is 0 Å². The molecule has 2 amide bonds. The zero-order valence-corrected chi connectivity index (χ0v) is 22.1. The maximum Gasteiger partial charge on any atom is 0.261 e. The summed E-state index contributed by atoms with van der Waals surface area (Å²) >= 11 is 3.57. The fraction of sp³-hybridized carbons (Fsp3) is 0.481. The first-order valence-corrected chi connectivity index (χ1v) is 12.5. The SMILES string of the molecule is CCCNC(=O)[C@@H](CC)N(CCc1ccccc1)C(=O)COc1ccc(C(C)(C)C)cc1Br. The number of carbonyl (C=O) groups excluding carboxylic acids is 2. The molecule has 0 saturated carbocycles. The molecule has 0 aromatic heterocycles. The maximum atomic E-state index is 13.3. The van der Waals surface area contributed by atoms with E-state index in [0.29, 0.717) is 31.7 Å². The van der Waals surface area contributed by atoms with E-state index in [1.807, 2.05) is 62.4 Å². The first kappa shape index (κ1) is 26.9. The van der Waals surface area contributed by atoms with Crippen molar-refractivity contribution in [2.24, 2.45) is 0 Å². The maximum absolute atomic E-state index is 13.3. The second-order valence-corrected chi connectivity index (χ2v) is 10.1. The van der Waals surface area contributed by atoms with Crippen LogP contribution in [-0.4, -0.2) is 42.5 Å². The number of hydrogen-bond acceptors (Lipinski definition) is 3. The van der Waals surface area contributed by atoms with E-state index in [1.54, 1.807) is 4.90 Å². The highest BCUT2D eigenvalue weighted by atomic mass is 79.9. The summed E-state index contributed by atoms with van der Waals surface area (Å²) in [6.45, 7) is 11.3. The highest BCUT2D eigenvalue weighted by Crippen LogP contribution is 2.31. The molecule has 0 saturated heterocycles. The molecular weight excluding hydrogens is 480 g/mol. The highest BCUT2D eigenvalue weighted by molar-refractivity contribution is 9.10. The van der Waals surface area contributed by atoms with Crippen LogP contribution in [-0.2, 0) is 21.4 Å². The molecule has 0 spiro atoms. The van der Waals surface area contributed by atoms with Crippen molar-refractivity contribution in [1.82, 2.24) is 10.2 Å². The Balaban J connectivity index is 2.15. The molecule has 0 aliphatic heterocycles. The summed E-state index contributed by atoms with van der Waals surface area (Å²) in [5.74, 6) is 0.301. The molecule has 2 rings (SSSR count). The zero-order chi connectivity index (χ0) is 24.4. The second kappa shape index (κ2) is 12.8. The number of hydrogen-bond donors (Lipinski definition) is 1. The molecule has 33 heavy (non-hydrogen) atoms. The standard InChI is InChI=1S/C27H37BrN2O3/c1-6-16-29-26(32)23(7-2)30(17-15-20-11-9-8-10-12-20)25(31)19-33-24-14-13-21(18-22(24)28)27(3,4)5/h8-14,18,23H,6-7,15-17,19H2,1-5H3,(H,29,32)/t23-/m1/s1. The first-order chi connectivity index (χ1) is 15.7. The summed E-state index contributed by atoms with van der Waals surface area (Å²) in [6, 6.07) is 15.4. The minimum atomic E-state index is -0.525. The highest BCUT2D eigenvalue weighted by Gasteiger charge is 2.28. The van der Waals surface area contributed by atoms with Gasteiger partial charge < -0.3 is 15.0 Å². The van der Waals surface area contributed by atoms with Crippen LogP contribution in [0.15, 0.2) is 53.0 Å². The summed E-state index contributed by atoms with van der Waals surface area (Å²) in [6.07, 6.45) is 2.07. The van der Waals surface area contributed by atoms with Crippen LogP contribution in [0.5, 0.6) is 5.75 Å². The molecule has 0 unspecified atom stereocenters. The van der Waals surface area contributed by atoms with Gasteiger partial charge in [0.25, 0.3) is 5.91 Å². The van der Waals surface area contributed by atoms with Crippen molar-refractivity contribution in [1.29, 1.82) is 0 Å². The molecule has 6 heteroatoms. The van der Waals surface area contributed by atoms with Crippen LogP contribution in [0.1, 0.15) is 58.6 Å². The van der Waals surface area contributed by atoms with Crippen molar-refractivity contribution in [3.63, 3.8) is 0 Å². The summed E-state index contributed by atoms with van der Waals surface area (Å²) < 4.78 is 6.70. The van der Waals surface area contributed by atoms with Gasteiger partial charge in [-0.25, -0.2) is 0 Å². The van der Waals surface area contributed by atoms with Gasteiger partial charge in [-0.05, 0) is 63.9 Å². The largest absolute Gasteiger partial charge is 0.483 e. The van der Waals surface area contributed by atoms with Gasteiger partial charge in [0, 0.05) is 13.1 Å². The lowest BCUT2D eigenvalue weighted by molar-refractivity contribution is -0.142. The van der Waals surface area contributed by atoms with E-state index in [1.165, 1.54) is 5.56 Å². The van der Waals surface area contributed by atoms with Crippen LogP contribution in [0, 0.1) is 0 Å². The molecule has 2 aromatic carbocycles. The number of halogens is 1. The number of amides is 2. The quantitative estimate of drug-likeness (QED) is 0.428. The topological polar surface area (TPSA) is 58.6 Å². The molecule has 0 fully saturated rings. The van der Waals surface area contributed by atoms with Crippen molar-refractivity contribution in [3.8, 4) is 5.75 Å². The van der Waals surface area contributed by atoms with Gasteiger partial charge in [0.2, 0.25) is 5.91 Å². The molecule has 2 aromatic rings. The monoisotopic (exact) mass is 516 g/mol. The Hall–Kier alpha value is -2.34. The smallest absolute Gasteiger partial charge is 0.261 e. The summed E-state index contributed by atoms with van der Waals surface area (Å²) in [4.78, 5) is 27.7. The van der Waals surface area contributed by atoms with E-state index in [4.69, 9.17) is 4.74 Å². The average molecular weight is 518 g/mol. The van der Waals surface area contributed by atoms with E-state index in [2.05, 4.69) is 42.0 Å². The summed E-state index contributed by atoms with van der Waals surface area (Å²) in [5, 5.41) is 2.94. The Morgan fingerprint density at radius 1 is 1.09 bits per heavy atom. The van der Waals surface area contributed by atoms with Crippen molar-refractivity contribution >= 4 is 27.7 Å². The van der Waals surface area contributed by atoms with Gasteiger partial charge in [-0.2, -0.15) is 0 Å². The molecule has 1 atom stereocenters. The Bertz CT molecular complexity index is 909. The van der Waals surface area contributed by atoms with Crippen LogP contribution in [0.3, 0.4) is 0 Å². The fourth-order valence-corrected chi connectivity index (χ4v) is 4.06. The molecule has 1 N–H and O–H groups in total. The Morgan fingerprint density at radius 3 is 2.36 bits per heavy atom. The summed E-state index contributed by atoms with van der Waals surface area (Å²) in [5.41, 5.74) is 2.32. The third-order valence-electron chi connectivity index (χ3n) is 5.57. The van der Waals surface area contributed by atoms with Crippen molar-refractivity contribution in [3.05, 3.63) is 64.1 Å². The number of rotatable bonds is 11. The van der Waals surface area contributed by atoms with Crippen LogP contribution < -0.4 is 10.1 Å². The number of carbonyl (C=O) groups is 2. The van der Waals surface area contributed by atoms with Gasteiger partial charge in [-0.1, -0.05) is 71.0 Å². The molecule has 180 valence electrons. The van der Waals surface area contributed by atoms with Gasteiger partial charge in [0.15, 0.2) is 6.61 Å². The van der Waals surface area contributed by atoms with E-state index in [0.717, 1.165) is 16.5 Å². The Morgan fingerprint density at radius 2 is 1.79 bits per heavy atom. The molecular formula is C27H37BrN2O3.